The second-order valence-corrected chi connectivity index (χ2v) is 8.82. The number of aromatic nitrogens is 3. The molecule has 12 heteroatoms. The molecule has 2 aliphatic rings. The molecular weight excluding hydrogens is 430 g/mol. The Morgan fingerprint density at radius 2 is 2.00 bits per heavy atom. The van der Waals surface area contributed by atoms with Crippen molar-refractivity contribution < 1.29 is 23.6 Å². The predicted octanol–water partition coefficient (Wildman–Crippen LogP) is 3.12. The number of carbonyl (C=O) groups excluding carboxylic acids is 2. The Morgan fingerprint density at radius 3 is 2.87 bits per heavy atom. The van der Waals surface area contributed by atoms with Crippen molar-refractivity contribution in [1.29, 1.82) is 0 Å². The van der Waals surface area contributed by atoms with Crippen molar-refractivity contribution in [3.63, 3.8) is 0 Å². The summed E-state index contributed by atoms with van der Waals surface area (Å²) in [5.74, 6) is 1.91. The maximum absolute atomic E-state index is 12.2. The number of benzene rings is 1. The lowest BCUT2D eigenvalue weighted by Gasteiger charge is -2.05. The lowest BCUT2D eigenvalue weighted by Crippen LogP contribution is -2.13. The normalized spacial score (nSPS) is 14.5. The van der Waals surface area contributed by atoms with Crippen LogP contribution in [0.25, 0.3) is 0 Å². The van der Waals surface area contributed by atoms with Crippen LogP contribution in [-0.2, 0) is 4.79 Å². The van der Waals surface area contributed by atoms with Crippen molar-refractivity contribution in [2.45, 2.75) is 23.1 Å². The van der Waals surface area contributed by atoms with Crippen molar-refractivity contribution in [3.8, 4) is 11.5 Å². The molecular formula is C18H15N5O5S2. The monoisotopic (exact) mass is 445 g/mol. The molecule has 0 unspecified atom stereocenters. The van der Waals surface area contributed by atoms with Gasteiger partial charge in [0, 0.05) is 23.7 Å². The zero-order valence-corrected chi connectivity index (χ0v) is 17.0. The van der Waals surface area contributed by atoms with Gasteiger partial charge in [-0.1, -0.05) is 28.3 Å². The van der Waals surface area contributed by atoms with E-state index in [1.807, 2.05) is 0 Å². The summed E-state index contributed by atoms with van der Waals surface area (Å²) in [7, 11) is 0. The number of hydrogen-bond donors (Lipinski definition) is 2. The molecule has 1 fully saturated rings. The summed E-state index contributed by atoms with van der Waals surface area (Å²) in [6, 6.07) is 6.85. The molecule has 10 nitrogen and oxygen atoms in total. The van der Waals surface area contributed by atoms with Crippen LogP contribution in [0.2, 0.25) is 0 Å². The van der Waals surface area contributed by atoms with Crippen molar-refractivity contribution >= 4 is 45.7 Å². The summed E-state index contributed by atoms with van der Waals surface area (Å²) in [5, 5.41) is 17.5. The fraction of sp³-hybridized carbons (Fsp3) is 0.278. The molecule has 0 saturated heterocycles. The van der Waals surface area contributed by atoms with Gasteiger partial charge in [0.25, 0.3) is 5.91 Å². The molecule has 3 aromatic rings. The van der Waals surface area contributed by atoms with Gasteiger partial charge in [0.2, 0.25) is 17.8 Å². The number of rotatable bonds is 7. The molecule has 2 amide bonds. The first-order chi connectivity index (χ1) is 14.6. The Hall–Kier alpha value is -3.12. The van der Waals surface area contributed by atoms with Gasteiger partial charge in [-0.05, 0) is 25.0 Å². The van der Waals surface area contributed by atoms with Crippen LogP contribution in [0.3, 0.4) is 0 Å². The Kier molecular flexibility index (Phi) is 5.01. The molecule has 1 aromatic carbocycles. The number of thioether (sulfide) groups is 1. The quantitative estimate of drug-likeness (QED) is 0.416. The summed E-state index contributed by atoms with van der Waals surface area (Å²) in [6.45, 7) is 0.177. The fourth-order valence-electron chi connectivity index (χ4n) is 2.73. The van der Waals surface area contributed by atoms with E-state index in [-0.39, 0.29) is 24.1 Å². The van der Waals surface area contributed by atoms with Gasteiger partial charge < -0.3 is 19.3 Å². The highest BCUT2D eigenvalue weighted by Crippen LogP contribution is 2.40. The Bertz CT molecular complexity index is 1110. The standard InChI is InChI=1S/C18H15N5O5S2/c24-15(19-10-3-4-12-14(5-10)27-8-26-12)7-29-18-22-21-17(30-18)20-16(25)11-6-13(28-23-11)9-1-2-9/h3-6,9H,1-2,7-8H2,(H,19,24)(H,20,21,25). The van der Waals surface area contributed by atoms with Gasteiger partial charge >= 0.3 is 0 Å². The van der Waals surface area contributed by atoms with Gasteiger partial charge in [-0.15, -0.1) is 10.2 Å². The minimum absolute atomic E-state index is 0.144. The number of ether oxygens (including phenoxy) is 2. The smallest absolute Gasteiger partial charge is 0.279 e. The van der Waals surface area contributed by atoms with Gasteiger partial charge in [-0.3, -0.25) is 14.9 Å². The van der Waals surface area contributed by atoms with Gasteiger partial charge in [-0.25, -0.2) is 0 Å². The topological polar surface area (TPSA) is 128 Å². The van der Waals surface area contributed by atoms with Crippen molar-refractivity contribution in [3.05, 3.63) is 35.7 Å². The molecule has 2 N–H and O–H groups in total. The lowest BCUT2D eigenvalue weighted by molar-refractivity contribution is -0.113. The minimum atomic E-state index is -0.404. The number of carbonyl (C=O) groups is 2. The summed E-state index contributed by atoms with van der Waals surface area (Å²) < 4.78 is 16.3. The number of fused-ring (bicyclic) bond motifs is 1. The van der Waals surface area contributed by atoms with Crippen LogP contribution in [-0.4, -0.2) is 39.7 Å². The largest absolute Gasteiger partial charge is 0.454 e. The van der Waals surface area contributed by atoms with Crippen LogP contribution in [0, 0.1) is 0 Å². The zero-order valence-electron chi connectivity index (χ0n) is 15.4. The van der Waals surface area contributed by atoms with Gasteiger partial charge in [-0.2, -0.15) is 0 Å². The molecule has 5 rings (SSSR count). The van der Waals surface area contributed by atoms with Gasteiger partial charge in [0.1, 0.15) is 5.76 Å². The third-order valence-corrected chi connectivity index (χ3v) is 6.32. The highest BCUT2D eigenvalue weighted by molar-refractivity contribution is 8.01. The predicted molar refractivity (Wildman–Crippen MR) is 108 cm³/mol. The third kappa shape index (κ3) is 4.24. The molecule has 2 aromatic heterocycles. The first kappa shape index (κ1) is 18.9. The molecule has 0 atom stereocenters. The van der Waals surface area contributed by atoms with E-state index in [0.717, 1.165) is 18.6 Å². The highest BCUT2D eigenvalue weighted by atomic mass is 32.2. The van der Waals surface area contributed by atoms with Crippen LogP contribution in [0.15, 0.2) is 33.1 Å². The number of nitrogens with zero attached hydrogens (tertiary/aromatic N) is 3. The summed E-state index contributed by atoms with van der Waals surface area (Å²) in [4.78, 5) is 24.4. The second-order valence-electron chi connectivity index (χ2n) is 6.62. The number of anilines is 2. The van der Waals surface area contributed by atoms with Crippen LogP contribution in [0.1, 0.15) is 35.0 Å². The summed E-state index contributed by atoms with van der Waals surface area (Å²) in [5.41, 5.74) is 0.831. The molecule has 0 bridgehead atoms. The van der Waals surface area contributed by atoms with Crippen LogP contribution in [0.5, 0.6) is 11.5 Å². The number of hydrogen-bond acceptors (Lipinski definition) is 10. The van der Waals surface area contributed by atoms with Gasteiger partial charge in [0.05, 0.1) is 5.75 Å². The summed E-state index contributed by atoms with van der Waals surface area (Å²) >= 11 is 2.40. The van der Waals surface area contributed by atoms with Crippen molar-refractivity contribution in [2.75, 3.05) is 23.2 Å². The Labute approximate surface area is 178 Å². The SMILES string of the molecule is O=C(CSc1nnc(NC(=O)c2cc(C3CC3)on2)s1)Nc1ccc2c(c1)OCO2. The van der Waals surface area contributed by atoms with E-state index in [0.29, 0.717) is 32.6 Å². The van der Waals surface area contributed by atoms with E-state index in [1.54, 1.807) is 24.3 Å². The molecule has 1 saturated carbocycles. The van der Waals surface area contributed by atoms with E-state index < -0.39 is 5.91 Å². The van der Waals surface area contributed by atoms with E-state index in [9.17, 15) is 9.59 Å². The maximum Gasteiger partial charge on any atom is 0.279 e. The molecule has 0 spiro atoms. The number of amides is 2. The second kappa shape index (κ2) is 7.95. The highest BCUT2D eigenvalue weighted by Gasteiger charge is 2.29. The van der Waals surface area contributed by atoms with Crippen LogP contribution >= 0.6 is 23.1 Å². The average Bonchev–Trinajstić information content (AvgIpc) is 3.13. The van der Waals surface area contributed by atoms with Crippen LogP contribution < -0.4 is 20.1 Å². The molecule has 154 valence electrons. The Balaban J connectivity index is 1.12. The Morgan fingerprint density at radius 1 is 1.13 bits per heavy atom. The third-order valence-electron chi connectivity index (χ3n) is 4.35. The first-order valence-electron chi connectivity index (χ1n) is 9.08. The lowest BCUT2D eigenvalue weighted by atomic mass is 10.3. The summed E-state index contributed by atoms with van der Waals surface area (Å²) in [6.07, 6.45) is 2.13. The van der Waals surface area contributed by atoms with Crippen molar-refractivity contribution in [2.24, 2.45) is 0 Å². The maximum atomic E-state index is 12.2. The van der Waals surface area contributed by atoms with Gasteiger partial charge in [0.15, 0.2) is 21.5 Å². The van der Waals surface area contributed by atoms with Crippen LogP contribution in [0.4, 0.5) is 10.8 Å². The zero-order chi connectivity index (χ0) is 20.5. The molecule has 3 heterocycles. The van der Waals surface area contributed by atoms with E-state index >= 15 is 0 Å². The minimum Gasteiger partial charge on any atom is -0.454 e. The van der Waals surface area contributed by atoms with E-state index in [2.05, 4.69) is 26.0 Å². The number of nitrogens with one attached hydrogen (secondary N) is 2. The fourth-order valence-corrected chi connectivity index (χ4v) is 4.28. The average molecular weight is 445 g/mol. The van der Waals surface area contributed by atoms with E-state index in [4.69, 9.17) is 14.0 Å². The van der Waals surface area contributed by atoms with E-state index in [1.165, 1.54) is 23.1 Å². The molecule has 0 radical (unpaired) electrons. The van der Waals surface area contributed by atoms with Crippen molar-refractivity contribution in [1.82, 2.24) is 15.4 Å². The first-order valence-corrected chi connectivity index (χ1v) is 10.9. The molecule has 1 aliphatic carbocycles. The molecule has 1 aliphatic heterocycles. The molecule has 30 heavy (non-hydrogen) atoms.